The molecule has 168 valence electrons. The Hall–Kier alpha value is -2.10. The van der Waals surface area contributed by atoms with Gasteiger partial charge >= 0.3 is 0 Å². The van der Waals surface area contributed by atoms with Crippen molar-refractivity contribution in [3.05, 3.63) is 35.4 Å². The van der Waals surface area contributed by atoms with Crippen molar-refractivity contribution in [3.63, 3.8) is 0 Å². The fourth-order valence-electron chi connectivity index (χ4n) is 4.01. The molecular formula is C21H28ClN5O3S. The highest BCUT2D eigenvalue weighted by Crippen LogP contribution is 2.29. The maximum absolute atomic E-state index is 13.0. The lowest BCUT2D eigenvalue weighted by Gasteiger charge is -2.35. The molecule has 2 aliphatic heterocycles. The first kappa shape index (κ1) is 22.1. The lowest BCUT2D eigenvalue weighted by molar-refractivity contribution is 0.383. The molecule has 0 radical (unpaired) electrons. The van der Waals surface area contributed by atoms with E-state index < -0.39 is 10.0 Å². The molecule has 0 N–H and O–H groups in total. The van der Waals surface area contributed by atoms with Gasteiger partial charge < -0.3 is 14.5 Å². The van der Waals surface area contributed by atoms with E-state index in [4.69, 9.17) is 16.3 Å². The molecule has 2 saturated heterocycles. The Bertz CT molecular complexity index is 1000. The maximum atomic E-state index is 13.0. The maximum Gasteiger partial charge on any atom is 0.243 e. The van der Waals surface area contributed by atoms with Crippen LogP contribution in [0.3, 0.4) is 0 Å². The summed E-state index contributed by atoms with van der Waals surface area (Å²) in [4.78, 5) is 4.52. The lowest BCUT2D eigenvalue weighted by atomic mass is 9.99. The zero-order valence-corrected chi connectivity index (χ0v) is 19.4. The first-order valence-corrected chi connectivity index (χ1v) is 12.4. The number of nitrogens with zero attached hydrogens (tertiary/aromatic N) is 5. The standard InChI is InChI=1S/C21H28ClN5O3S/c1-16-7-9-25(10-8-16)20-5-6-21(24-23-20)26-11-13-27(14-12-26)31(28,29)17-3-4-19(30-2)18(22)15-17/h3-6,15-16H,7-14H2,1-2H3. The van der Waals surface area contributed by atoms with E-state index >= 15 is 0 Å². The van der Waals surface area contributed by atoms with E-state index in [0.29, 0.717) is 31.9 Å². The van der Waals surface area contributed by atoms with Crippen LogP contribution in [0.4, 0.5) is 11.6 Å². The topological polar surface area (TPSA) is 78.9 Å². The second-order valence-corrected chi connectivity index (χ2v) is 10.5. The highest BCUT2D eigenvalue weighted by Gasteiger charge is 2.29. The molecule has 10 heteroatoms. The normalized spacial score (nSPS) is 18.9. The summed E-state index contributed by atoms with van der Waals surface area (Å²) in [7, 11) is -2.12. The van der Waals surface area contributed by atoms with Gasteiger partial charge in [0.15, 0.2) is 11.6 Å². The Balaban J connectivity index is 1.38. The first-order chi connectivity index (χ1) is 14.9. The van der Waals surface area contributed by atoms with E-state index in [9.17, 15) is 8.42 Å². The SMILES string of the molecule is COc1ccc(S(=O)(=O)N2CCN(c3ccc(N4CCC(C)CC4)nn3)CC2)cc1Cl. The zero-order valence-electron chi connectivity index (χ0n) is 17.9. The van der Waals surface area contributed by atoms with Crippen molar-refractivity contribution in [3.8, 4) is 5.75 Å². The molecule has 0 saturated carbocycles. The molecule has 4 rings (SSSR count). The third kappa shape index (κ3) is 4.73. The van der Waals surface area contributed by atoms with Gasteiger partial charge in [-0.25, -0.2) is 8.42 Å². The van der Waals surface area contributed by atoms with Crippen LogP contribution in [0.5, 0.6) is 5.75 Å². The number of sulfonamides is 1. The lowest BCUT2D eigenvalue weighted by Crippen LogP contribution is -2.49. The van der Waals surface area contributed by atoms with Gasteiger partial charge in [0.2, 0.25) is 10.0 Å². The Morgan fingerprint density at radius 3 is 2.03 bits per heavy atom. The number of hydrogen-bond donors (Lipinski definition) is 0. The molecule has 0 unspecified atom stereocenters. The minimum Gasteiger partial charge on any atom is -0.495 e. The molecule has 8 nitrogen and oxygen atoms in total. The third-order valence-electron chi connectivity index (χ3n) is 6.07. The molecule has 0 aliphatic carbocycles. The van der Waals surface area contributed by atoms with Gasteiger partial charge in [-0.2, -0.15) is 4.31 Å². The molecule has 1 aromatic heterocycles. The van der Waals surface area contributed by atoms with Crippen LogP contribution >= 0.6 is 11.6 Å². The van der Waals surface area contributed by atoms with Gasteiger partial charge in [0.05, 0.1) is 17.0 Å². The Morgan fingerprint density at radius 1 is 0.935 bits per heavy atom. The number of hydrogen-bond acceptors (Lipinski definition) is 7. The Kier molecular flexibility index (Phi) is 6.55. The summed E-state index contributed by atoms with van der Waals surface area (Å²) in [5, 5.41) is 9.11. The highest BCUT2D eigenvalue weighted by atomic mass is 35.5. The molecule has 2 aromatic rings. The summed E-state index contributed by atoms with van der Waals surface area (Å²) in [5.74, 6) is 2.91. The Morgan fingerprint density at radius 2 is 1.52 bits per heavy atom. The average molecular weight is 466 g/mol. The number of anilines is 2. The van der Waals surface area contributed by atoms with E-state index in [0.717, 1.165) is 30.6 Å². The van der Waals surface area contributed by atoms with Gasteiger partial charge in [0, 0.05) is 39.3 Å². The van der Waals surface area contributed by atoms with Crippen LogP contribution in [-0.4, -0.2) is 69.3 Å². The number of halogens is 1. The van der Waals surface area contributed by atoms with Crippen LogP contribution in [0.1, 0.15) is 19.8 Å². The van der Waals surface area contributed by atoms with Crippen molar-refractivity contribution in [2.75, 3.05) is 56.2 Å². The highest BCUT2D eigenvalue weighted by molar-refractivity contribution is 7.89. The second-order valence-electron chi connectivity index (χ2n) is 8.11. The summed E-state index contributed by atoms with van der Waals surface area (Å²) in [6.45, 7) is 6.17. The van der Waals surface area contributed by atoms with Crippen LogP contribution in [0.15, 0.2) is 35.2 Å². The van der Waals surface area contributed by atoms with Gasteiger partial charge in [-0.1, -0.05) is 18.5 Å². The van der Waals surface area contributed by atoms with Gasteiger partial charge in [0.1, 0.15) is 5.75 Å². The number of ether oxygens (including phenoxy) is 1. The molecule has 2 fully saturated rings. The summed E-state index contributed by atoms with van der Waals surface area (Å²) in [6, 6.07) is 8.53. The van der Waals surface area contributed by atoms with Gasteiger partial charge in [0.25, 0.3) is 0 Å². The molecule has 3 heterocycles. The number of piperazine rings is 1. The monoisotopic (exact) mass is 465 g/mol. The van der Waals surface area contributed by atoms with Crippen LogP contribution in [-0.2, 0) is 10.0 Å². The number of piperidine rings is 1. The number of aromatic nitrogens is 2. The summed E-state index contributed by atoms with van der Waals surface area (Å²) in [6.07, 6.45) is 2.36. The molecule has 0 atom stereocenters. The van der Waals surface area contributed by atoms with Gasteiger partial charge in [-0.15, -0.1) is 10.2 Å². The van der Waals surface area contributed by atoms with E-state index in [-0.39, 0.29) is 9.92 Å². The fraction of sp³-hybridized carbons (Fsp3) is 0.524. The van der Waals surface area contributed by atoms with Crippen LogP contribution in [0.2, 0.25) is 5.02 Å². The summed E-state index contributed by atoms with van der Waals surface area (Å²) < 4.78 is 32.6. The smallest absolute Gasteiger partial charge is 0.243 e. The van der Waals surface area contributed by atoms with Crippen molar-refractivity contribution in [2.45, 2.75) is 24.7 Å². The van der Waals surface area contributed by atoms with Crippen LogP contribution in [0.25, 0.3) is 0 Å². The van der Waals surface area contributed by atoms with E-state index in [1.54, 1.807) is 6.07 Å². The predicted molar refractivity (Wildman–Crippen MR) is 122 cm³/mol. The van der Waals surface area contributed by atoms with Crippen molar-refractivity contribution in [2.24, 2.45) is 5.92 Å². The summed E-state index contributed by atoms with van der Waals surface area (Å²) in [5.41, 5.74) is 0. The largest absolute Gasteiger partial charge is 0.495 e. The molecule has 31 heavy (non-hydrogen) atoms. The van der Waals surface area contributed by atoms with Crippen molar-refractivity contribution in [1.29, 1.82) is 0 Å². The van der Waals surface area contributed by atoms with E-state index in [1.807, 2.05) is 12.1 Å². The van der Waals surface area contributed by atoms with Gasteiger partial charge in [-0.05, 0) is 49.1 Å². The van der Waals surface area contributed by atoms with Crippen LogP contribution in [0, 0.1) is 5.92 Å². The molecular weight excluding hydrogens is 438 g/mol. The van der Waals surface area contributed by atoms with Crippen molar-refractivity contribution in [1.82, 2.24) is 14.5 Å². The number of rotatable bonds is 5. The predicted octanol–water partition coefficient (Wildman–Crippen LogP) is 2.89. The number of benzene rings is 1. The first-order valence-electron chi connectivity index (χ1n) is 10.6. The third-order valence-corrected chi connectivity index (χ3v) is 8.26. The van der Waals surface area contributed by atoms with E-state index in [1.165, 1.54) is 36.4 Å². The minimum atomic E-state index is -3.62. The zero-order chi connectivity index (χ0) is 22.0. The van der Waals surface area contributed by atoms with Gasteiger partial charge in [-0.3, -0.25) is 0 Å². The summed E-state index contributed by atoms with van der Waals surface area (Å²) >= 11 is 6.12. The quantitative estimate of drug-likeness (QED) is 0.671. The Labute approximate surface area is 188 Å². The van der Waals surface area contributed by atoms with E-state index in [2.05, 4.69) is 26.9 Å². The van der Waals surface area contributed by atoms with Crippen LogP contribution < -0.4 is 14.5 Å². The molecule has 2 aliphatic rings. The van der Waals surface area contributed by atoms with Crippen molar-refractivity contribution < 1.29 is 13.2 Å². The molecule has 1 aromatic carbocycles. The second kappa shape index (κ2) is 9.18. The molecule has 0 bridgehead atoms. The molecule has 0 spiro atoms. The molecule has 0 amide bonds. The minimum absolute atomic E-state index is 0.173. The fourth-order valence-corrected chi connectivity index (χ4v) is 5.78. The van der Waals surface area contributed by atoms with Crippen molar-refractivity contribution >= 4 is 33.3 Å². The average Bonchev–Trinajstić information content (AvgIpc) is 2.80. The number of methoxy groups -OCH3 is 1.